The zero-order valence-corrected chi connectivity index (χ0v) is 7.54. The van der Waals surface area contributed by atoms with E-state index in [1.807, 2.05) is 32.0 Å². The molecule has 0 aliphatic carbocycles. The maximum Gasteiger partial charge on any atom is 0.0685 e. The van der Waals surface area contributed by atoms with Gasteiger partial charge in [-0.1, -0.05) is 18.2 Å². The van der Waals surface area contributed by atoms with Crippen LogP contribution < -0.4 is 5.73 Å². The molecule has 0 saturated carbocycles. The Bertz CT molecular complexity index is 269. The van der Waals surface area contributed by atoms with Crippen molar-refractivity contribution in [2.24, 2.45) is 5.73 Å². The first-order valence-corrected chi connectivity index (χ1v) is 4.11. The number of aryl methyl sites for hydroxylation is 1. The smallest absolute Gasteiger partial charge is 0.0685 e. The van der Waals surface area contributed by atoms with E-state index < -0.39 is 0 Å². The third-order valence-corrected chi connectivity index (χ3v) is 2.04. The zero-order valence-electron chi connectivity index (χ0n) is 7.54. The van der Waals surface area contributed by atoms with Crippen molar-refractivity contribution < 1.29 is 5.11 Å². The molecule has 0 aliphatic heterocycles. The van der Waals surface area contributed by atoms with Gasteiger partial charge in [0.2, 0.25) is 0 Å². The highest BCUT2D eigenvalue weighted by atomic mass is 16.3. The third kappa shape index (κ3) is 1.65. The van der Waals surface area contributed by atoms with Gasteiger partial charge >= 0.3 is 0 Å². The summed E-state index contributed by atoms with van der Waals surface area (Å²) in [6, 6.07) is 5.85. The van der Waals surface area contributed by atoms with Crippen molar-refractivity contribution in [3.8, 4) is 0 Å². The summed E-state index contributed by atoms with van der Waals surface area (Å²) in [7, 11) is 0. The van der Waals surface area contributed by atoms with Crippen LogP contribution in [-0.4, -0.2) is 5.11 Å². The molecular formula is C10H15NO. The van der Waals surface area contributed by atoms with Gasteiger partial charge in [0.25, 0.3) is 0 Å². The first-order chi connectivity index (χ1) is 5.66. The molecule has 0 spiro atoms. The quantitative estimate of drug-likeness (QED) is 0.697. The molecule has 0 radical (unpaired) electrons. The lowest BCUT2D eigenvalue weighted by Crippen LogP contribution is -2.10. The molecule has 1 atom stereocenters. The Morgan fingerprint density at radius 2 is 2.17 bits per heavy atom. The van der Waals surface area contributed by atoms with Crippen molar-refractivity contribution in [1.29, 1.82) is 0 Å². The van der Waals surface area contributed by atoms with E-state index in [2.05, 4.69) is 0 Å². The fourth-order valence-corrected chi connectivity index (χ4v) is 1.53. The zero-order chi connectivity index (χ0) is 9.14. The number of aliphatic hydroxyl groups excluding tert-OH is 1. The molecule has 0 aromatic heterocycles. The third-order valence-electron chi connectivity index (χ3n) is 2.04. The second-order valence-electron chi connectivity index (χ2n) is 3.09. The van der Waals surface area contributed by atoms with Gasteiger partial charge in [0.05, 0.1) is 6.61 Å². The molecule has 0 aliphatic rings. The van der Waals surface area contributed by atoms with E-state index in [9.17, 15) is 0 Å². The van der Waals surface area contributed by atoms with Crippen LogP contribution in [0, 0.1) is 6.92 Å². The van der Waals surface area contributed by atoms with Crippen LogP contribution >= 0.6 is 0 Å². The van der Waals surface area contributed by atoms with Crippen LogP contribution in [0.25, 0.3) is 0 Å². The van der Waals surface area contributed by atoms with Crippen LogP contribution in [0.2, 0.25) is 0 Å². The van der Waals surface area contributed by atoms with Gasteiger partial charge in [0, 0.05) is 6.04 Å². The summed E-state index contributed by atoms with van der Waals surface area (Å²) in [5.41, 5.74) is 8.93. The summed E-state index contributed by atoms with van der Waals surface area (Å²) in [4.78, 5) is 0. The summed E-state index contributed by atoms with van der Waals surface area (Å²) >= 11 is 0. The van der Waals surface area contributed by atoms with Crippen LogP contribution in [0.4, 0.5) is 0 Å². The van der Waals surface area contributed by atoms with Crippen molar-refractivity contribution in [2.75, 3.05) is 0 Å². The van der Waals surface area contributed by atoms with E-state index in [0.29, 0.717) is 0 Å². The van der Waals surface area contributed by atoms with Crippen LogP contribution in [0.3, 0.4) is 0 Å². The molecule has 66 valence electrons. The Labute approximate surface area is 73.0 Å². The van der Waals surface area contributed by atoms with Crippen LogP contribution in [0.15, 0.2) is 18.2 Å². The summed E-state index contributed by atoms with van der Waals surface area (Å²) in [5.74, 6) is 0. The van der Waals surface area contributed by atoms with Gasteiger partial charge in [-0.05, 0) is 30.5 Å². The largest absolute Gasteiger partial charge is 0.392 e. The molecule has 1 aromatic rings. The van der Waals surface area contributed by atoms with Crippen molar-refractivity contribution in [1.82, 2.24) is 0 Å². The molecule has 0 bridgehead atoms. The van der Waals surface area contributed by atoms with E-state index in [0.717, 1.165) is 16.7 Å². The summed E-state index contributed by atoms with van der Waals surface area (Å²) < 4.78 is 0. The molecule has 3 N–H and O–H groups in total. The second-order valence-corrected chi connectivity index (χ2v) is 3.09. The van der Waals surface area contributed by atoms with E-state index in [4.69, 9.17) is 10.8 Å². The minimum atomic E-state index is -0.00616. The Morgan fingerprint density at radius 3 is 2.58 bits per heavy atom. The molecule has 12 heavy (non-hydrogen) atoms. The highest BCUT2D eigenvalue weighted by Crippen LogP contribution is 2.19. The maximum absolute atomic E-state index is 9.04. The Morgan fingerprint density at radius 1 is 1.50 bits per heavy atom. The Kier molecular flexibility index (Phi) is 2.84. The molecule has 0 amide bonds. The number of hydrogen-bond acceptors (Lipinski definition) is 2. The molecular weight excluding hydrogens is 150 g/mol. The average Bonchev–Trinajstić information content (AvgIpc) is 2.03. The molecule has 0 saturated heterocycles. The van der Waals surface area contributed by atoms with Gasteiger partial charge in [0.15, 0.2) is 0 Å². The first-order valence-electron chi connectivity index (χ1n) is 4.11. The molecule has 2 nitrogen and oxygen atoms in total. The fraction of sp³-hybridized carbons (Fsp3) is 0.400. The topological polar surface area (TPSA) is 46.2 Å². The lowest BCUT2D eigenvalue weighted by Gasteiger charge is -2.13. The number of aliphatic hydroxyl groups is 1. The normalized spacial score (nSPS) is 13.0. The monoisotopic (exact) mass is 165 g/mol. The van der Waals surface area contributed by atoms with Gasteiger partial charge in [-0.15, -0.1) is 0 Å². The van der Waals surface area contributed by atoms with Gasteiger partial charge in [-0.25, -0.2) is 0 Å². The van der Waals surface area contributed by atoms with Crippen molar-refractivity contribution in [3.63, 3.8) is 0 Å². The fourth-order valence-electron chi connectivity index (χ4n) is 1.53. The Hall–Kier alpha value is -0.860. The van der Waals surface area contributed by atoms with Gasteiger partial charge in [-0.3, -0.25) is 0 Å². The summed E-state index contributed by atoms with van der Waals surface area (Å²) in [6.07, 6.45) is 0. The molecule has 1 aromatic carbocycles. The standard InChI is InChI=1S/C10H15NO/c1-7-4-3-5-9(6-12)10(7)8(2)11/h3-5,8,12H,6,11H2,1-2H3. The van der Waals surface area contributed by atoms with Crippen molar-refractivity contribution in [2.45, 2.75) is 26.5 Å². The lowest BCUT2D eigenvalue weighted by atomic mass is 9.97. The highest BCUT2D eigenvalue weighted by Gasteiger charge is 2.07. The number of benzene rings is 1. The van der Waals surface area contributed by atoms with Gasteiger partial charge in [-0.2, -0.15) is 0 Å². The number of nitrogens with two attached hydrogens (primary N) is 1. The van der Waals surface area contributed by atoms with Crippen LogP contribution in [0.1, 0.15) is 29.7 Å². The second kappa shape index (κ2) is 3.70. The Balaban J connectivity index is 3.20. The van der Waals surface area contributed by atoms with Gasteiger partial charge in [0.1, 0.15) is 0 Å². The number of hydrogen-bond donors (Lipinski definition) is 2. The average molecular weight is 165 g/mol. The lowest BCUT2D eigenvalue weighted by molar-refractivity contribution is 0.280. The molecule has 1 rings (SSSR count). The first kappa shape index (κ1) is 9.23. The summed E-state index contributed by atoms with van der Waals surface area (Å²) in [5, 5.41) is 9.04. The van der Waals surface area contributed by atoms with E-state index in [1.54, 1.807) is 0 Å². The van der Waals surface area contributed by atoms with Crippen molar-refractivity contribution in [3.05, 3.63) is 34.9 Å². The summed E-state index contributed by atoms with van der Waals surface area (Å²) in [6.45, 7) is 4.01. The predicted molar refractivity (Wildman–Crippen MR) is 49.7 cm³/mol. The van der Waals surface area contributed by atoms with Crippen molar-refractivity contribution >= 4 is 0 Å². The number of rotatable bonds is 2. The van der Waals surface area contributed by atoms with Crippen LogP contribution in [0.5, 0.6) is 0 Å². The minimum absolute atomic E-state index is 0.00616. The predicted octanol–water partition coefficient (Wildman–Crippen LogP) is 1.51. The van der Waals surface area contributed by atoms with Gasteiger partial charge < -0.3 is 10.8 Å². The van der Waals surface area contributed by atoms with E-state index in [-0.39, 0.29) is 12.6 Å². The van der Waals surface area contributed by atoms with E-state index in [1.165, 1.54) is 0 Å². The van der Waals surface area contributed by atoms with E-state index >= 15 is 0 Å². The molecule has 0 fully saturated rings. The highest BCUT2D eigenvalue weighted by molar-refractivity contribution is 5.36. The molecule has 0 heterocycles. The maximum atomic E-state index is 9.04. The van der Waals surface area contributed by atoms with Crippen LogP contribution in [-0.2, 0) is 6.61 Å². The SMILES string of the molecule is Cc1cccc(CO)c1C(C)N. The minimum Gasteiger partial charge on any atom is -0.392 e. The molecule has 1 unspecified atom stereocenters. The molecule has 2 heteroatoms.